The zero-order valence-electron chi connectivity index (χ0n) is 20.5. The number of hydrogen-bond acceptors (Lipinski definition) is 6. The normalized spacial score (nSPS) is 20.2. The van der Waals surface area contributed by atoms with Gasteiger partial charge in [0.15, 0.2) is 5.84 Å². The predicted molar refractivity (Wildman–Crippen MR) is 134 cm³/mol. The molecular formula is C27H31FN4O3. The molecule has 1 N–H and O–H groups in total. The molecule has 0 bridgehead atoms. The van der Waals surface area contributed by atoms with Crippen LogP contribution in [0.5, 0.6) is 5.75 Å². The summed E-state index contributed by atoms with van der Waals surface area (Å²) in [5.41, 5.74) is 4.66. The van der Waals surface area contributed by atoms with Crippen molar-refractivity contribution in [2.75, 3.05) is 20.3 Å². The number of hydrogen-bond donors (Lipinski definition) is 1. The molecule has 7 nitrogen and oxygen atoms in total. The van der Waals surface area contributed by atoms with Crippen molar-refractivity contribution in [3.8, 4) is 11.4 Å². The summed E-state index contributed by atoms with van der Waals surface area (Å²) in [5, 5.41) is 11.7. The van der Waals surface area contributed by atoms with Crippen LogP contribution < -0.4 is 4.74 Å². The number of aliphatic hydroxyl groups is 1. The molecular weight excluding hydrogens is 447 g/mol. The number of aryl methyl sites for hydroxylation is 1. The van der Waals surface area contributed by atoms with E-state index in [1.165, 1.54) is 12.1 Å². The van der Waals surface area contributed by atoms with E-state index in [0.717, 1.165) is 33.8 Å². The highest BCUT2D eigenvalue weighted by atomic mass is 19.1. The molecule has 3 aromatic rings. The van der Waals surface area contributed by atoms with E-state index in [4.69, 9.17) is 14.6 Å². The Bertz CT molecular complexity index is 1220. The first-order valence-corrected chi connectivity index (χ1v) is 11.8. The number of amidine groups is 1. The fourth-order valence-electron chi connectivity index (χ4n) is 4.35. The maximum atomic E-state index is 13.4. The zero-order valence-corrected chi connectivity index (χ0v) is 20.5. The number of halogens is 1. The van der Waals surface area contributed by atoms with Gasteiger partial charge in [-0.05, 0) is 54.0 Å². The second kappa shape index (κ2) is 10.8. The van der Waals surface area contributed by atoms with Gasteiger partial charge in [0.1, 0.15) is 23.7 Å². The average molecular weight is 479 g/mol. The van der Waals surface area contributed by atoms with Crippen molar-refractivity contribution in [1.29, 1.82) is 0 Å². The molecule has 35 heavy (non-hydrogen) atoms. The van der Waals surface area contributed by atoms with Gasteiger partial charge in [0.2, 0.25) is 0 Å². The highest BCUT2D eigenvalue weighted by Gasteiger charge is 2.41. The molecule has 1 saturated heterocycles. The topological polar surface area (TPSA) is 72.1 Å². The molecule has 3 heterocycles. The maximum absolute atomic E-state index is 13.4. The predicted octanol–water partition coefficient (Wildman–Crippen LogP) is 4.89. The van der Waals surface area contributed by atoms with Gasteiger partial charge in [0.25, 0.3) is 0 Å². The third-order valence-corrected chi connectivity index (χ3v) is 5.94. The summed E-state index contributed by atoms with van der Waals surface area (Å²) >= 11 is 0. The van der Waals surface area contributed by atoms with Gasteiger partial charge in [-0.2, -0.15) is 0 Å². The summed E-state index contributed by atoms with van der Waals surface area (Å²) in [6.45, 7) is 6.30. The maximum Gasteiger partial charge on any atom is 0.152 e. The van der Waals surface area contributed by atoms with Gasteiger partial charge in [0, 0.05) is 12.6 Å². The van der Waals surface area contributed by atoms with Gasteiger partial charge >= 0.3 is 0 Å². The summed E-state index contributed by atoms with van der Waals surface area (Å²) in [6, 6.07) is 11.6. The Morgan fingerprint density at radius 1 is 1.20 bits per heavy atom. The van der Waals surface area contributed by atoms with Crippen molar-refractivity contribution in [2.24, 2.45) is 4.99 Å². The van der Waals surface area contributed by atoms with Crippen molar-refractivity contribution >= 4 is 11.9 Å². The van der Waals surface area contributed by atoms with Gasteiger partial charge < -0.3 is 14.4 Å². The van der Waals surface area contributed by atoms with E-state index in [9.17, 15) is 9.50 Å². The zero-order chi connectivity index (χ0) is 24.9. The van der Waals surface area contributed by atoms with Gasteiger partial charge in [-0.15, -0.1) is 0 Å². The van der Waals surface area contributed by atoms with Crippen LogP contribution in [-0.4, -0.2) is 51.9 Å². The minimum Gasteiger partial charge on any atom is -0.495 e. The molecule has 1 aromatic heterocycles. The number of ether oxygens (including phenoxy) is 1. The lowest BCUT2D eigenvalue weighted by Crippen LogP contribution is -2.38. The monoisotopic (exact) mass is 478 g/mol. The first-order valence-electron chi connectivity index (χ1n) is 11.8. The van der Waals surface area contributed by atoms with Crippen molar-refractivity contribution in [2.45, 2.75) is 39.3 Å². The molecule has 0 saturated carbocycles. The number of imidazole rings is 1. The van der Waals surface area contributed by atoms with Crippen LogP contribution in [0.1, 0.15) is 43.1 Å². The van der Waals surface area contributed by atoms with Crippen molar-refractivity contribution in [3.05, 3.63) is 83.2 Å². The summed E-state index contributed by atoms with van der Waals surface area (Å²) in [4.78, 5) is 15.0. The number of nitrogens with zero attached hydrogens (tertiary/aromatic N) is 4. The van der Waals surface area contributed by atoms with Crippen LogP contribution in [-0.2, 0) is 4.84 Å². The highest BCUT2D eigenvalue weighted by Crippen LogP contribution is 2.38. The molecule has 5 rings (SSSR count). The number of aromatic nitrogens is 2. The lowest BCUT2D eigenvalue weighted by molar-refractivity contribution is -0.133. The van der Waals surface area contributed by atoms with Gasteiger partial charge in [-0.1, -0.05) is 32.0 Å². The SMILES string of the molecule is CC.COc1cc(/C=C2\CCON3C2=NC(CO)C3c2ccc(F)cc2)ccc1-n1cnc(C)c1. The van der Waals surface area contributed by atoms with E-state index in [0.29, 0.717) is 18.9 Å². The van der Waals surface area contributed by atoms with Crippen LogP contribution in [0.15, 0.2) is 65.6 Å². The third-order valence-electron chi connectivity index (χ3n) is 5.94. The second-order valence-electron chi connectivity index (χ2n) is 8.13. The molecule has 2 atom stereocenters. The van der Waals surface area contributed by atoms with Crippen LogP contribution in [0.2, 0.25) is 0 Å². The van der Waals surface area contributed by atoms with E-state index in [1.807, 2.05) is 49.7 Å². The smallest absolute Gasteiger partial charge is 0.152 e. The Morgan fingerprint density at radius 3 is 2.63 bits per heavy atom. The fourth-order valence-corrected chi connectivity index (χ4v) is 4.35. The number of rotatable bonds is 5. The molecule has 8 heteroatoms. The van der Waals surface area contributed by atoms with E-state index in [2.05, 4.69) is 11.1 Å². The number of hydroxylamine groups is 2. The lowest BCUT2D eigenvalue weighted by atomic mass is 10.00. The Labute approximate surface area is 205 Å². The first kappa shape index (κ1) is 24.6. The molecule has 2 aliphatic heterocycles. The first-order chi connectivity index (χ1) is 17.1. The van der Waals surface area contributed by atoms with Gasteiger partial charge in [-0.3, -0.25) is 9.83 Å². The van der Waals surface area contributed by atoms with Crippen molar-refractivity contribution in [1.82, 2.24) is 14.6 Å². The van der Waals surface area contributed by atoms with Gasteiger partial charge in [-0.25, -0.2) is 14.4 Å². The number of benzene rings is 2. The molecule has 2 unspecified atom stereocenters. The quantitative estimate of drug-likeness (QED) is 0.565. The summed E-state index contributed by atoms with van der Waals surface area (Å²) in [6.07, 6.45) is 6.47. The molecule has 1 fully saturated rings. The van der Waals surface area contributed by atoms with Crippen molar-refractivity contribution < 1.29 is 19.1 Å². The average Bonchev–Trinajstić information content (AvgIpc) is 3.49. The lowest BCUT2D eigenvalue weighted by Gasteiger charge is -2.33. The van der Waals surface area contributed by atoms with E-state index >= 15 is 0 Å². The van der Waals surface area contributed by atoms with Crippen LogP contribution in [0.4, 0.5) is 4.39 Å². The van der Waals surface area contributed by atoms with Crippen LogP contribution in [0.3, 0.4) is 0 Å². The molecule has 0 spiro atoms. The molecule has 2 aromatic carbocycles. The van der Waals surface area contributed by atoms with Crippen LogP contribution in [0.25, 0.3) is 11.8 Å². The Morgan fingerprint density at radius 2 is 1.97 bits per heavy atom. The summed E-state index contributed by atoms with van der Waals surface area (Å²) in [7, 11) is 1.65. The minimum atomic E-state index is -0.395. The number of fused-ring (bicyclic) bond motifs is 1. The standard InChI is InChI=1S/C25H25FN4O3.C2H6/c1-16-13-29(15-27-16)22-8-3-17(12-23(22)32-2)11-19-9-10-33-30-24(21(14-31)28-25(19)30)18-4-6-20(26)7-5-18;1-2/h3-8,11-13,15,21,24,31H,9-10,14H2,1-2H3;1-2H3/b19-11+;. The largest absolute Gasteiger partial charge is 0.495 e. The van der Waals surface area contributed by atoms with Crippen LogP contribution >= 0.6 is 0 Å². The minimum absolute atomic E-state index is 0.133. The van der Waals surface area contributed by atoms with Crippen molar-refractivity contribution in [3.63, 3.8) is 0 Å². The molecule has 0 amide bonds. The molecule has 184 valence electrons. The molecule has 0 radical (unpaired) electrons. The number of aliphatic hydroxyl groups excluding tert-OH is 1. The van der Waals surface area contributed by atoms with E-state index in [-0.39, 0.29) is 18.5 Å². The molecule has 0 aliphatic carbocycles. The Hall–Kier alpha value is -3.49. The summed E-state index contributed by atoms with van der Waals surface area (Å²) < 4.78 is 21.0. The fraction of sp³-hybridized carbons (Fsp3) is 0.333. The third kappa shape index (κ3) is 4.99. The number of methoxy groups -OCH3 is 1. The summed E-state index contributed by atoms with van der Waals surface area (Å²) in [5.74, 6) is 1.13. The number of aliphatic imine (C=N–C) groups is 1. The van der Waals surface area contributed by atoms with E-state index in [1.54, 1.807) is 30.6 Å². The Kier molecular flexibility index (Phi) is 7.63. The van der Waals surface area contributed by atoms with Crippen LogP contribution in [0, 0.1) is 12.7 Å². The second-order valence-corrected chi connectivity index (χ2v) is 8.13. The Balaban J connectivity index is 0.00000141. The highest BCUT2D eigenvalue weighted by molar-refractivity contribution is 6.03. The van der Waals surface area contributed by atoms with Gasteiger partial charge in [0.05, 0.1) is 38.0 Å². The molecule has 2 aliphatic rings. The van der Waals surface area contributed by atoms with E-state index < -0.39 is 6.04 Å².